The van der Waals surface area contributed by atoms with Gasteiger partial charge in [-0.05, 0) is 56.4 Å². The molecule has 1 atom stereocenters. The Morgan fingerprint density at radius 3 is 2.26 bits per heavy atom. The Labute approximate surface area is 425 Å². The van der Waals surface area contributed by atoms with Crippen molar-refractivity contribution in [2.75, 3.05) is 116 Å². The number of carbonyl (C=O) groups is 5. The molecule has 5 amide bonds. The van der Waals surface area contributed by atoms with Crippen LogP contribution >= 0.6 is 18.7 Å². The minimum atomic E-state index is -2.49. The van der Waals surface area contributed by atoms with E-state index in [1.165, 1.54) is 0 Å². The van der Waals surface area contributed by atoms with E-state index in [1.54, 1.807) is 44.8 Å². The molecule has 2 N–H and O–H groups in total. The maximum atomic E-state index is 13.3. The molecule has 3 fully saturated rings. The van der Waals surface area contributed by atoms with Gasteiger partial charge in [0.15, 0.2) is 0 Å². The first-order valence-electron chi connectivity index (χ1n) is 24.7. The van der Waals surface area contributed by atoms with Gasteiger partial charge in [-0.1, -0.05) is 48.0 Å². The van der Waals surface area contributed by atoms with Crippen LogP contribution in [0.5, 0.6) is 5.75 Å². The van der Waals surface area contributed by atoms with Gasteiger partial charge >= 0.3 is 0 Å². The maximum Gasteiger partial charge on any atom is 0.264 e. The van der Waals surface area contributed by atoms with Crippen molar-refractivity contribution in [3.8, 4) is 5.75 Å². The highest BCUT2D eigenvalue weighted by molar-refractivity contribution is 7.70. The minimum absolute atomic E-state index is 0.0565. The average molecular weight is 1030 g/mol. The van der Waals surface area contributed by atoms with Crippen LogP contribution in [-0.2, 0) is 46.0 Å². The fourth-order valence-corrected chi connectivity index (χ4v) is 11.3. The first-order valence-corrected chi connectivity index (χ1v) is 27.7. The predicted octanol–water partition coefficient (Wildman–Crippen LogP) is 4.63. The first-order chi connectivity index (χ1) is 34.8. The summed E-state index contributed by atoms with van der Waals surface area (Å²) in [7, 11) is -0.800. The van der Waals surface area contributed by atoms with Gasteiger partial charge in [0.25, 0.3) is 11.8 Å². The number of nitrogens with one attached hydrogen (secondary N) is 2. The molecule has 0 saturated carbocycles. The molecule has 1 aromatic heterocycles. The van der Waals surface area contributed by atoms with Gasteiger partial charge in [-0.2, -0.15) is 0 Å². The zero-order valence-electron chi connectivity index (χ0n) is 41.2. The molecule has 0 spiro atoms. The molecule has 4 aliphatic heterocycles. The van der Waals surface area contributed by atoms with Crippen molar-refractivity contribution in [3.05, 3.63) is 106 Å². The third kappa shape index (κ3) is 12.9. The summed E-state index contributed by atoms with van der Waals surface area (Å²) in [6.07, 6.45) is 5.12. The van der Waals surface area contributed by atoms with Crippen LogP contribution in [0.1, 0.15) is 75.5 Å². The number of rotatable bonds is 22. The second-order valence-electron chi connectivity index (χ2n) is 18.7. The number of halogens is 1. The zero-order valence-corrected chi connectivity index (χ0v) is 42.9. The van der Waals surface area contributed by atoms with E-state index >= 15 is 0 Å². The van der Waals surface area contributed by atoms with Crippen LogP contribution in [0.2, 0.25) is 5.02 Å². The molecule has 72 heavy (non-hydrogen) atoms. The highest BCUT2D eigenvalue weighted by atomic mass is 35.5. The normalized spacial score (nSPS) is 17.9. The quantitative estimate of drug-likeness (QED) is 0.0626. The second-order valence-corrected chi connectivity index (χ2v) is 22.3. The van der Waals surface area contributed by atoms with Gasteiger partial charge in [0, 0.05) is 106 Å². The van der Waals surface area contributed by atoms with E-state index in [1.807, 2.05) is 29.2 Å². The van der Waals surface area contributed by atoms with Gasteiger partial charge < -0.3 is 38.6 Å². The lowest BCUT2D eigenvalue weighted by molar-refractivity contribution is -0.136. The van der Waals surface area contributed by atoms with Crippen LogP contribution in [0.4, 0.5) is 11.4 Å². The number of imide groups is 2. The number of hydrogen-bond acceptors (Lipinski definition) is 15. The van der Waals surface area contributed by atoms with Crippen LogP contribution in [0, 0.1) is 0 Å². The van der Waals surface area contributed by atoms with Crippen molar-refractivity contribution in [3.63, 3.8) is 0 Å². The molecule has 0 radical (unpaired) electrons. The number of aromatic nitrogens is 2. The number of nitrogens with zero attached hydrogens (tertiary/aromatic N) is 6. The van der Waals surface area contributed by atoms with E-state index in [9.17, 15) is 28.5 Å². The molecule has 5 heterocycles. The molecule has 8 rings (SSSR count). The SMILES string of the molecule is COc1cc(N2CCC(N3CCN(C(=O)CCOCCOCCOCCNc4cccc5c4C(=O)N(C4CCC(=O)NC4=O)C5=O)CC3)CC2)ccc1Cc1ncc(Cl)c(Cc2ccccc2P(C)(C)=O)n1. The third-order valence-corrected chi connectivity index (χ3v) is 15.6. The zero-order chi connectivity index (χ0) is 50.8. The van der Waals surface area contributed by atoms with Crippen LogP contribution < -0.4 is 25.6 Å². The summed E-state index contributed by atoms with van der Waals surface area (Å²) in [5.41, 5.74) is 4.62. The molecule has 18 nitrogen and oxygen atoms in total. The molecule has 1 unspecified atom stereocenters. The lowest BCUT2D eigenvalue weighted by Gasteiger charge is -2.43. The van der Waals surface area contributed by atoms with Crippen molar-refractivity contribution in [2.24, 2.45) is 0 Å². The number of carbonyl (C=O) groups excluding carboxylic acids is 5. The lowest BCUT2D eigenvalue weighted by Crippen LogP contribution is -2.54. The van der Waals surface area contributed by atoms with Gasteiger partial charge in [-0.3, -0.25) is 39.1 Å². The lowest BCUT2D eigenvalue weighted by atomic mass is 10.0. The Bertz CT molecular complexity index is 2670. The first kappa shape index (κ1) is 52.6. The van der Waals surface area contributed by atoms with Crippen LogP contribution in [0.25, 0.3) is 0 Å². The molecule has 4 aromatic rings. The number of piperazine rings is 1. The number of anilines is 2. The number of amides is 5. The molecule has 0 aliphatic carbocycles. The van der Waals surface area contributed by atoms with Crippen molar-refractivity contribution >= 4 is 65.0 Å². The molecule has 4 aliphatic rings. The monoisotopic (exact) mass is 1030 g/mol. The van der Waals surface area contributed by atoms with Crippen molar-refractivity contribution in [2.45, 2.75) is 57.0 Å². The summed E-state index contributed by atoms with van der Waals surface area (Å²) < 4.78 is 35.8. The van der Waals surface area contributed by atoms with Crippen LogP contribution in [-0.4, -0.2) is 172 Å². The molecule has 384 valence electrons. The summed E-state index contributed by atoms with van der Waals surface area (Å²) in [6.45, 7) is 11.0. The number of methoxy groups -OCH3 is 1. The number of hydrogen-bond donors (Lipinski definition) is 2. The average Bonchev–Trinajstić information content (AvgIpc) is 3.63. The number of fused-ring (bicyclic) bond motifs is 1. The molecule has 0 bridgehead atoms. The standard InChI is InChI=1S/C52H64ClN8O10P/c1-68-44-33-38(12-11-35(44)32-46-55-34-40(53)42(56-46)31-36-7-4-5-10-45(36)72(2,3)67)58-19-15-37(16-20-58)59-21-23-60(24-22-59)48(63)17-25-69-27-29-71-30-28-70-26-18-54-41-9-6-8-39-49(41)52(66)61(51(39)65)43-13-14-47(62)57-50(43)64/h4-12,33-34,37,43,54H,13-32H2,1-3H3,(H,57,62,64). The highest BCUT2D eigenvalue weighted by Crippen LogP contribution is 2.37. The number of piperidine rings is 2. The Kier molecular flexibility index (Phi) is 17.8. The van der Waals surface area contributed by atoms with Crippen molar-refractivity contribution in [1.29, 1.82) is 0 Å². The molecule has 3 aromatic carbocycles. The van der Waals surface area contributed by atoms with Crippen LogP contribution in [0.3, 0.4) is 0 Å². The van der Waals surface area contributed by atoms with Crippen molar-refractivity contribution < 1.29 is 47.5 Å². The van der Waals surface area contributed by atoms with Crippen LogP contribution in [0.15, 0.2) is 66.9 Å². The van der Waals surface area contributed by atoms with Gasteiger partial charge in [0.1, 0.15) is 24.8 Å². The topological polar surface area (TPSA) is 202 Å². The summed E-state index contributed by atoms with van der Waals surface area (Å²) in [5.74, 6) is -0.681. The van der Waals surface area contributed by atoms with Gasteiger partial charge in [-0.25, -0.2) is 9.97 Å². The van der Waals surface area contributed by atoms with Gasteiger partial charge in [0.2, 0.25) is 17.7 Å². The fraction of sp³-hybridized carbons (Fsp3) is 0.481. The number of ether oxygens (including phenoxy) is 4. The Balaban J connectivity index is 0.673. The Hall–Kier alpha value is -5.75. The van der Waals surface area contributed by atoms with E-state index in [4.69, 9.17) is 35.5 Å². The summed E-state index contributed by atoms with van der Waals surface area (Å²) in [6, 6.07) is 18.4. The third-order valence-electron chi connectivity index (χ3n) is 13.7. The Morgan fingerprint density at radius 2 is 1.54 bits per heavy atom. The molecule has 3 saturated heterocycles. The second kappa shape index (κ2) is 24.3. The smallest absolute Gasteiger partial charge is 0.264 e. The van der Waals surface area contributed by atoms with E-state index < -0.39 is 36.8 Å². The molecular weight excluding hydrogens is 963 g/mol. The summed E-state index contributed by atoms with van der Waals surface area (Å²) in [4.78, 5) is 80.5. The van der Waals surface area contributed by atoms with Crippen molar-refractivity contribution in [1.82, 2.24) is 30.0 Å². The number of benzene rings is 3. The van der Waals surface area contributed by atoms with E-state index in [0.29, 0.717) is 107 Å². The maximum absolute atomic E-state index is 13.3. The Morgan fingerprint density at radius 1 is 0.819 bits per heavy atom. The molecule has 20 heteroatoms. The highest BCUT2D eigenvalue weighted by Gasteiger charge is 2.45. The predicted molar refractivity (Wildman–Crippen MR) is 273 cm³/mol. The van der Waals surface area contributed by atoms with Gasteiger partial charge in [0.05, 0.1) is 75.0 Å². The van der Waals surface area contributed by atoms with E-state index in [2.05, 4.69) is 43.6 Å². The summed E-state index contributed by atoms with van der Waals surface area (Å²) >= 11 is 6.57. The minimum Gasteiger partial charge on any atom is -0.496 e. The molecular formula is C52H64ClN8O10P. The van der Waals surface area contributed by atoms with E-state index in [0.717, 1.165) is 71.8 Å². The summed E-state index contributed by atoms with van der Waals surface area (Å²) in [5, 5.41) is 6.67. The van der Waals surface area contributed by atoms with E-state index in [-0.39, 0.29) is 29.9 Å². The largest absolute Gasteiger partial charge is 0.496 e. The fourth-order valence-electron chi connectivity index (χ4n) is 9.87. The van der Waals surface area contributed by atoms with Gasteiger partial charge in [-0.15, -0.1) is 0 Å².